The van der Waals surface area contributed by atoms with Gasteiger partial charge in [0.05, 0.1) is 12.1 Å². The molecule has 1 heterocycles. The fourth-order valence-corrected chi connectivity index (χ4v) is 2.61. The van der Waals surface area contributed by atoms with Gasteiger partial charge in [-0.1, -0.05) is 6.07 Å². The maximum atomic E-state index is 14.1. The zero-order valence-corrected chi connectivity index (χ0v) is 12.6. The van der Waals surface area contributed by atoms with Gasteiger partial charge in [-0.05, 0) is 45.4 Å². The summed E-state index contributed by atoms with van der Waals surface area (Å²) in [5.41, 5.74) is 1.27. The molecule has 112 valence electrons. The molecule has 2 rings (SSSR count). The summed E-state index contributed by atoms with van der Waals surface area (Å²) in [5.74, 6) is -2.05. The molecule has 5 heteroatoms. The molecular formula is C16H18FNO3. The minimum Gasteiger partial charge on any atom is -0.460 e. The van der Waals surface area contributed by atoms with Crippen LogP contribution in [0.3, 0.4) is 0 Å². The number of carbonyl (C=O) groups excluding carboxylic acids is 2. The van der Waals surface area contributed by atoms with Crippen LogP contribution in [0.1, 0.15) is 42.9 Å². The number of nitrogens with zero attached hydrogens (tertiary/aromatic N) is 1. The highest BCUT2D eigenvalue weighted by Gasteiger charge is 2.28. The molecule has 0 aliphatic carbocycles. The van der Waals surface area contributed by atoms with E-state index in [9.17, 15) is 14.0 Å². The molecule has 4 nitrogen and oxygen atoms in total. The molecule has 0 amide bonds. The molecule has 1 aromatic heterocycles. The molecule has 0 saturated carbocycles. The van der Waals surface area contributed by atoms with Crippen LogP contribution in [-0.2, 0) is 9.53 Å². The van der Waals surface area contributed by atoms with Gasteiger partial charge in [0.2, 0.25) is 0 Å². The molecule has 0 aliphatic heterocycles. The summed E-state index contributed by atoms with van der Waals surface area (Å²) in [4.78, 5) is 24.1. The molecule has 0 atom stereocenters. The van der Waals surface area contributed by atoms with Crippen LogP contribution in [0.15, 0.2) is 18.2 Å². The van der Waals surface area contributed by atoms with E-state index < -0.39 is 17.6 Å². The molecule has 0 aliphatic rings. The van der Waals surface area contributed by atoms with Crippen molar-refractivity contribution in [3.8, 4) is 0 Å². The smallest absolute Gasteiger partial charge is 0.381 e. The Kier molecular flexibility index (Phi) is 4.11. The first kappa shape index (κ1) is 15.2. The standard InChI is InChI=1S/C16H18FNO3/c1-5-21-16(20)15(19)14-10(4)13-11(17)7-6-8-12(13)18(14)9(2)3/h6-9H,5H2,1-4H3. The van der Waals surface area contributed by atoms with Gasteiger partial charge < -0.3 is 9.30 Å². The van der Waals surface area contributed by atoms with Gasteiger partial charge in [0.1, 0.15) is 11.5 Å². The monoisotopic (exact) mass is 291 g/mol. The summed E-state index contributed by atoms with van der Waals surface area (Å²) in [6, 6.07) is 4.59. The molecule has 0 N–H and O–H groups in total. The molecule has 0 spiro atoms. The van der Waals surface area contributed by atoms with Crippen molar-refractivity contribution in [1.29, 1.82) is 0 Å². The van der Waals surface area contributed by atoms with Crippen molar-refractivity contribution < 1.29 is 18.7 Å². The van der Waals surface area contributed by atoms with Crippen LogP contribution in [0.2, 0.25) is 0 Å². The zero-order valence-electron chi connectivity index (χ0n) is 12.6. The number of halogens is 1. The van der Waals surface area contributed by atoms with Crippen LogP contribution in [0.5, 0.6) is 0 Å². The minimum atomic E-state index is -0.911. The maximum Gasteiger partial charge on any atom is 0.381 e. The van der Waals surface area contributed by atoms with E-state index in [1.54, 1.807) is 30.5 Å². The van der Waals surface area contributed by atoms with Gasteiger partial charge in [0.25, 0.3) is 5.78 Å². The lowest BCUT2D eigenvalue weighted by atomic mass is 10.1. The van der Waals surface area contributed by atoms with Crippen LogP contribution in [-0.4, -0.2) is 22.9 Å². The summed E-state index contributed by atoms with van der Waals surface area (Å²) in [6.45, 7) is 7.17. The van der Waals surface area contributed by atoms with Gasteiger partial charge in [-0.15, -0.1) is 0 Å². The predicted octanol–water partition coefficient (Wildman–Crippen LogP) is 3.42. The molecule has 0 radical (unpaired) electrons. The summed E-state index contributed by atoms with van der Waals surface area (Å²) in [6.07, 6.45) is 0. The Morgan fingerprint density at radius 1 is 1.33 bits per heavy atom. The Morgan fingerprint density at radius 2 is 2.00 bits per heavy atom. The molecule has 0 saturated heterocycles. The number of esters is 1. The third kappa shape index (κ3) is 2.44. The Balaban J connectivity index is 2.76. The Bertz CT molecular complexity index is 716. The van der Waals surface area contributed by atoms with Gasteiger partial charge in [-0.2, -0.15) is 0 Å². The zero-order chi connectivity index (χ0) is 15.7. The molecule has 2 aromatic rings. The van der Waals surface area contributed by atoms with Crippen LogP contribution in [0.4, 0.5) is 4.39 Å². The first-order valence-corrected chi connectivity index (χ1v) is 6.90. The van der Waals surface area contributed by atoms with Gasteiger partial charge in [0.15, 0.2) is 0 Å². The second-order valence-electron chi connectivity index (χ2n) is 5.12. The average molecular weight is 291 g/mol. The van der Waals surface area contributed by atoms with Crippen molar-refractivity contribution in [3.63, 3.8) is 0 Å². The van der Waals surface area contributed by atoms with E-state index in [2.05, 4.69) is 0 Å². The number of ketones is 1. The fourth-order valence-electron chi connectivity index (χ4n) is 2.61. The van der Waals surface area contributed by atoms with Gasteiger partial charge in [-0.25, -0.2) is 9.18 Å². The van der Waals surface area contributed by atoms with E-state index in [0.717, 1.165) is 0 Å². The van der Waals surface area contributed by atoms with Crippen LogP contribution < -0.4 is 0 Å². The lowest BCUT2D eigenvalue weighted by Crippen LogP contribution is -2.22. The maximum absolute atomic E-state index is 14.1. The van der Waals surface area contributed by atoms with Crippen molar-refractivity contribution in [3.05, 3.63) is 35.3 Å². The molecule has 1 aromatic carbocycles. The Labute approximate surface area is 122 Å². The SMILES string of the molecule is CCOC(=O)C(=O)c1c(C)c2c(F)cccc2n1C(C)C. The largest absolute Gasteiger partial charge is 0.460 e. The number of rotatable bonds is 4. The van der Waals surface area contributed by atoms with Gasteiger partial charge >= 0.3 is 5.97 Å². The quantitative estimate of drug-likeness (QED) is 0.492. The van der Waals surface area contributed by atoms with E-state index in [0.29, 0.717) is 16.5 Å². The number of Topliss-reactive ketones (excluding diaryl/α,β-unsaturated/α-hetero) is 1. The topological polar surface area (TPSA) is 48.3 Å². The van der Waals surface area contributed by atoms with E-state index in [-0.39, 0.29) is 18.3 Å². The van der Waals surface area contributed by atoms with E-state index >= 15 is 0 Å². The van der Waals surface area contributed by atoms with E-state index in [4.69, 9.17) is 4.74 Å². The number of carbonyl (C=O) groups is 2. The average Bonchev–Trinajstić information content (AvgIpc) is 2.72. The van der Waals surface area contributed by atoms with Crippen molar-refractivity contribution >= 4 is 22.7 Å². The second-order valence-corrected chi connectivity index (χ2v) is 5.12. The summed E-state index contributed by atoms with van der Waals surface area (Å²) in [7, 11) is 0. The van der Waals surface area contributed by atoms with E-state index in [1.807, 2.05) is 13.8 Å². The third-order valence-corrected chi connectivity index (χ3v) is 3.41. The summed E-state index contributed by atoms with van der Waals surface area (Å²) in [5, 5.41) is 0.374. The molecule has 0 bridgehead atoms. The number of fused-ring (bicyclic) bond motifs is 1. The lowest BCUT2D eigenvalue weighted by Gasteiger charge is -2.14. The number of ether oxygens (including phenoxy) is 1. The van der Waals surface area contributed by atoms with Crippen LogP contribution in [0.25, 0.3) is 10.9 Å². The predicted molar refractivity (Wildman–Crippen MR) is 78.0 cm³/mol. The molecule has 0 fully saturated rings. The van der Waals surface area contributed by atoms with Crippen molar-refractivity contribution in [2.24, 2.45) is 0 Å². The van der Waals surface area contributed by atoms with Gasteiger partial charge in [0, 0.05) is 11.4 Å². The van der Waals surface area contributed by atoms with Crippen molar-refractivity contribution in [2.75, 3.05) is 6.61 Å². The Hall–Kier alpha value is -2.17. The molecule has 21 heavy (non-hydrogen) atoms. The number of hydrogen-bond donors (Lipinski definition) is 0. The molecular weight excluding hydrogens is 273 g/mol. The van der Waals surface area contributed by atoms with E-state index in [1.165, 1.54) is 6.07 Å². The van der Waals surface area contributed by atoms with Crippen LogP contribution in [0, 0.1) is 12.7 Å². The first-order valence-electron chi connectivity index (χ1n) is 6.90. The lowest BCUT2D eigenvalue weighted by molar-refractivity contribution is -0.137. The highest BCUT2D eigenvalue weighted by Crippen LogP contribution is 2.31. The number of aryl methyl sites for hydroxylation is 1. The number of hydrogen-bond acceptors (Lipinski definition) is 3. The second kappa shape index (κ2) is 5.68. The van der Waals surface area contributed by atoms with Crippen molar-refractivity contribution in [1.82, 2.24) is 4.57 Å². The number of benzene rings is 1. The highest BCUT2D eigenvalue weighted by atomic mass is 19.1. The highest BCUT2D eigenvalue weighted by molar-refractivity contribution is 6.41. The fraction of sp³-hybridized carbons (Fsp3) is 0.375. The van der Waals surface area contributed by atoms with Gasteiger partial charge in [-0.3, -0.25) is 4.79 Å². The van der Waals surface area contributed by atoms with Crippen LogP contribution >= 0.6 is 0 Å². The third-order valence-electron chi connectivity index (χ3n) is 3.41. The first-order chi connectivity index (χ1) is 9.90. The summed E-state index contributed by atoms with van der Waals surface area (Å²) < 4.78 is 20.5. The number of aromatic nitrogens is 1. The van der Waals surface area contributed by atoms with Crippen molar-refractivity contribution in [2.45, 2.75) is 33.7 Å². The molecule has 0 unspecified atom stereocenters. The normalized spacial score (nSPS) is 11.1. The Morgan fingerprint density at radius 3 is 2.57 bits per heavy atom. The summed E-state index contributed by atoms with van der Waals surface area (Å²) >= 11 is 0. The minimum absolute atomic E-state index is 0.0867.